The maximum Gasteiger partial charge on any atom is 0.0772 e. The van der Waals surface area contributed by atoms with E-state index in [2.05, 4.69) is 35.7 Å². The maximum atomic E-state index is 4.16. The Bertz CT molecular complexity index is 352. The molecule has 21 heavy (non-hydrogen) atoms. The number of unbranched alkanes of at least 4 members (excludes halogenated alkanes) is 7. The van der Waals surface area contributed by atoms with Crippen LogP contribution in [-0.4, -0.2) is 16.1 Å². The first-order valence-corrected chi connectivity index (χ1v) is 9.59. The van der Waals surface area contributed by atoms with E-state index in [1.807, 2.05) is 0 Å². The zero-order valence-electron chi connectivity index (χ0n) is 14.2. The van der Waals surface area contributed by atoms with Crippen LogP contribution < -0.4 is 5.32 Å². The molecule has 1 rings (SSSR count). The lowest BCUT2D eigenvalue weighted by atomic mass is 10.0. The molecule has 1 aromatic rings. The van der Waals surface area contributed by atoms with Crippen molar-refractivity contribution in [2.24, 2.45) is 0 Å². The fourth-order valence-electron chi connectivity index (χ4n) is 2.68. The molecule has 0 saturated heterocycles. The molecule has 1 aromatic heterocycles. The van der Waals surface area contributed by atoms with Crippen LogP contribution >= 0.6 is 11.5 Å². The molecule has 0 amide bonds. The van der Waals surface area contributed by atoms with Crippen molar-refractivity contribution in [3.63, 3.8) is 0 Å². The first-order chi connectivity index (χ1) is 10.3. The van der Waals surface area contributed by atoms with Crippen molar-refractivity contribution in [3.05, 3.63) is 10.6 Å². The van der Waals surface area contributed by atoms with Crippen LogP contribution in [0.1, 0.15) is 94.7 Å². The van der Waals surface area contributed by atoms with E-state index in [0.29, 0.717) is 6.04 Å². The van der Waals surface area contributed by atoms with Gasteiger partial charge in [-0.1, -0.05) is 69.7 Å². The Labute approximate surface area is 135 Å². The molecule has 0 radical (unpaired) electrons. The molecule has 1 atom stereocenters. The van der Waals surface area contributed by atoms with Gasteiger partial charge in [0.25, 0.3) is 0 Å². The van der Waals surface area contributed by atoms with Gasteiger partial charge in [0.15, 0.2) is 0 Å². The normalized spacial score (nSPS) is 12.7. The number of hydrogen-bond donors (Lipinski definition) is 1. The standard InChI is InChI=1S/C17H33N3S/c1-4-6-7-8-9-10-11-12-13-16(18-14-5-2)17-15(3)19-20-21-17/h16,18H,4-14H2,1-3H3. The molecule has 4 heteroatoms. The quantitative estimate of drug-likeness (QED) is 0.494. The van der Waals surface area contributed by atoms with E-state index in [4.69, 9.17) is 0 Å². The number of aryl methyl sites for hydroxylation is 1. The summed E-state index contributed by atoms with van der Waals surface area (Å²) in [4.78, 5) is 1.34. The highest BCUT2D eigenvalue weighted by Gasteiger charge is 2.15. The molecule has 122 valence electrons. The summed E-state index contributed by atoms with van der Waals surface area (Å²) in [5.74, 6) is 0. The highest BCUT2D eigenvalue weighted by Crippen LogP contribution is 2.25. The van der Waals surface area contributed by atoms with Crippen molar-refractivity contribution in [2.75, 3.05) is 6.54 Å². The number of nitrogens with zero attached hydrogens (tertiary/aromatic N) is 2. The third-order valence-electron chi connectivity index (χ3n) is 3.99. The van der Waals surface area contributed by atoms with E-state index in [9.17, 15) is 0 Å². The molecule has 0 aliphatic rings. The average molecular weight is 312 g/mol. The summed E-state index contributed by atoms with van der Waals surface area (Å²) in [5.41, 5.74) is 1.10. The van der Waals surface area contributed by atoms with Gasteiger partial charge in [0, 0.05) is 6.04 Å². The van der Waals surface area contributed by atoms with Gasteiger partial charge in [-0.2, -0.15) is 0 Å². The molecule has 0 fully saturated rings. The van der Waals surface area contributed by atoms with Crippen molar-refractivity contribution in [1.82, 2.24) is 14.9 Å². The Kier molecular flexibility index (Phi) is 10.7. The monoisotopic (exact) mass is 311 g/mol. The van der Waals surface area contributed by atoms with E-state index in [1.165, 1.54) is 69.1 Å². The lowest BCUT2D eigenvalue weighted by Crippen LogP contribution is -2.22. The fourth-order valence-corrected chi connectivity index (χ4v) is 3.44. The largest absolute Gasteiger partial charge is 0.309 e. The van der Waals surface area contributed by atoms with Crippen LogP contribution in [0.4, 0.5) is 0 Å². The van der Waals surface area contributed by atoms with Crippen LogP contribution in [0.15, 0.2) is 0 Å². The summed E-state index contributed by atoms with van der Waals surface area (Å²) in [6.45, 7) is 7.66. The van der Waals surface area contributed by atoms with Crippen molar-refractivity contribution in [1.29, 1.82) is 0 Å². The van der Waals surface area contributed by atoms with Crippen LogP contribution in [-0.2, 0) is 0 Å². The lowest BCUT2D eigenvalue weighted by molar-refractivity contribution is 0.468. The zero-order chi connectivity index (χ0) is 15.3. The number of rotatable bonds is 13. The second-order valence-electron chi connectivity index (χ2n) is 5.99. The second kappa shape index (κ2) is 12.1. The molecule has 1 unspecified atom stereocenters. The number of nitrogens with one attached hydrogen (secondary N) is 1. The van der Waals surface area contributed by atoms with Crippen LogP contribution in [0, 0.1) is 6.92 Å². The van der Waals surface area contributed by atoms with Crippen LogP contribution in [0.5, 0.6) is 0 Å². The molecule has 1 N–H and O–H groups in total. The summed E-state index contributed by atoms with van der Waals surface area (Å²) >= 11 is 1.56. The average Bonchev–Trinajstić information content (AvgIpc) is 2.91. The topological polar surface area (TPSA) is 37.8 Å². The van der Waals surface area contributed by atoms with Crippen molar-refractivity contribution < 1.29 is 0 Å². The van der Waals surface area contributed by atoms with Gasteiger partial charge in [-0.25, -0.2) is 0 Å². The molecule has 0 saturated carbocycles. The van der Waals surface area contributed by atoms with E-state index >= 15 is 0 Å². The Balaban J connectivity index is 2.20. The maximum absolute atomic E-state index is 4.16. The minimum absolute atomic E-state index is 0.463. The fraction of sp³-hybridized carbons (Fsp3) is 0.882. The molecule has 0 aromatic carbocycles. The van der Waals surface area contributed by atoms with Crippen LogP contribution in [0.3, 0.4) is 0 Å². The highest BCUT2D eigenvalue weighted by molar-refractivity contribution is 7.05. The third kappa shape index (κ3) is 7.91. The highest BCUT2D eigenvalue weighted by atomic mass is 32.1. The predicted molar refractivity (Wildman–Crippen MR) is 92.9 cm³/mol. The molecular formula is C17H33N3S. The van der Waals surface area contributed by atoms with Crippen molar-refractivity contribution >= 4 is 11.5 Å². The second-order valence-corrected chi connectivity index (χ2v) is 6.78. The molecule has 0 aliphatic carbocycles. The van der Waals surface area contributed by atoms with Crippen molar-refractivity contribution in [3.8, 4) is 0 Å². The molecular weight excluding hydrogens is 278 g/mol. The van der Waals surface area contributed by atoms with Gasteiger partial charge in [0.1, 0.15) is 0 Å². The van der Waals surface area contributed by atoms with Gasteiger partial charge in [0.05, 0.1) is 10.6 Å². The molecule has 0 aliphatic heterocycles. The molecule has 3 nitrogen and oxygen atoms in total. The summed E-state index contributed by atoms with van der Waals surface area (Å²) in [7, 11) is 0. The van der Waals surface area contributed by atoms with E-state index in [0.717, 1.165) is 12.2 Å². The van der Waals surface area contributed by atoms with Crippen LogP contribution in [0.2, 0.25) is 0 Å². The lowest BCUT2D eigenvalue weighted by Gasteiger charge is -2.17. The molecule has 0 spiro atoms. The van der Waals surface area contributed by atoms with Gasteiger partial charge in [-0.05, 0) is 37.8 Å². The zero-order valence-corrected chi connectivity index (χ0v) is 15.0. The van der Waals surface area contributed by atoms with Gasteiger partial charge in [-0.3, -0.25) is 0 Å². The SMILES string of the molecule is CCCCCCCCCCC(NCCC)c1snnc1C. The van der Waals surface area contributed by atoms with E-state index in [-0.39, 0.29) is 0 Å². The first-order valence-electron chi connectivity index (χ1n) is 8.81. The smallest absolute Gasteiger partial charge is 0.0772 e. The Morgan fingerprint density at radius 1 is 0.952 bits per heavy atom. The molecule has 1 heterocycles. The summed E-state index contributed by atoms with van der Waals surface area (Å²) in [6, 6.07) is 0.463. The van der Waals surface area contributed by atoms with Crippen molar-refractivity contribution in [2.45, 2.75) is 91.0 Å². The number of hydrogen-bond acceptors (Lipinski definition) is 4. The van der Waals surface area contributed by atoms with Gasteiger partial charge in [-0.15, -0.1) is 5.10 Å². The predicted octanol–water partition coefficient (Wildman–Crippen LogP) is 5.42. The van der Waals surface area contributed by atoms with E-state index in [1.54, 1.807) is 11.5 Å². The van der Waals surface area contributed by atoms with E-state index < -0.39 is 0 Å². The Hall–Kier alpha value is -0.480. The Morgan fingerprint density at radius 2 is 1.62 bits per heavy atom. The summed E-state index contributed by atoms with van der Waals surface area (Å²) < 4.78 is 4.09. The minimum Gasteiger partial charge on any atom is -0.309 e. The number of aromatic nitrogens is 2. The van der Waals surface area contributed by atoms with Gasteiger partial charge in [0.2, 0.25) is 0 Å². The van der Waals surface area contributed by atoms with Crippen LogP contribution in [0.25, 0.3) is 0 Å². The van der Waals surface area contributed by atoms with Gasteiger partial charge < -0.3 is 5.32 Å². The summed E-state index contributed by atoms with van der Waals surface area (Å²) in [6.07, 6.45) is 13.5. The third-order valence-corrected chi connectivity index (χ3v) is 4.93. The molecule has 0 bridgehead atoms. The first kappa shape index (κ1) is 18.6. The Morgan fingerprint density at radius 3 is 2.19 bits per heavy atom. The van der Waals surface area contributed by atoms with Gasteiger partial charge >= 0.3 is 0 Å². The minimum atomic E-state index is 0.463. The summed E-state index contributed by atoms with van der Waals surface area (Å²) in [5, 5.41) is 7.82.